The van der Waals surface area contributed by atoms with E-state index in [1.54, 1.807) is 0 Å². The van der Waals surface area contributed by atoms with Crippen LogP contribution in [-0.2, 0) is 10.1 Å². The van der Waals surface area contributed by atoms with Crippen molar-refractivity contribution in [1.82, 2.24) is 0 Å². The van der Waals surface area contributed by atoms with Gasteiger partial charge in [-0.1, -0.05) is 0 Å². The fraction of sp³-hybridized carbons (Fsp3) is 0. The van der Waals surface area contributed by atoms with Crippen molar-refractivity contribution in [3.05, 3.63) is 42.5 Å². The Balaban J connectivity index is 0.00000361. The summed E-state index contributed by atoms with van der Waals surface area (Å²) in [5.41, 5.74) is -4.55. The van der Waals surface area contributed by atoms with Crippen LogP contribution < -0.4 is 0 Å². The van der Waals surface area contributed by atoms with Crippen molar-refractivity contribution in [1.29, 1.82) is 0 Å². The minimum atomic E-state index is -5.15. The molecule has 1 aromatic carbocycles. The van der Waals surface area contributed by atoms with Crippen LogP contribution in [0.25, 0.3) is 0 Å². The van der Waals surface area contributed by atoms with Gasteiger partial charge in [0, 0.05) is 6.07 Å². The molecule has 0 fully saturated rings. The standard InChI is InChI=1S/C6H3N3O9S.K.H/c10-7(11)3-1-2-4(19(16,17)18)6(9(14)15)5(3)8(12)13;;/h1-2H,(H,16,17,18);;. The third-order valence-electron chi connectivity index (χ3n) is 1.93. The maximum atomic E-state index is 10.9. The minimum absolute atomic E-state index is 0. The summed E-state index contributed by atoms with van der Waals surface area (Å²) in [6, 6.07) is 0.729. The van der Waals surface area contributed by atoms with Crippen molar-refractivity contribution >= 4 is 78.6 Å². The Bertz CT molecular complexity index is 700. The van der Waals surface area contributed by atoms with Gasteiger partial charge in [-0.3, -0.25) is 34.9 Å². The molecule has 0 amide bonds. The van der Waals surface area contributed by atoms with E-state index < -0.39 is 46.8 Å². The first-order valence-electron chi connectivity index (χ1n) is 4.15. The fourth-order valence-corrected chi connectivity index (χ4v) is 1.92. The van der Waals surface area contributed by atoms with Crippen LogP contribution in [0.1, 0.15) is 0 Å². The summed E-state index contributed by atoms with van der Waals surface area (Å²) in [6.07, 6.45) is 0. The molecular weight excluding hydrogens is 329 g/mol. The molecule has 0 aromatic heterocycles. The molecule has 0 aliphatic rings. The van der Waals surface area contributed by atoms with E-state index in [-0.39, 0.29) is 51.4 Å². The van der Waals surface area contributed by atoms with E-state index >= 15 is 0 Å². The molecule has 14 heteroatoms. The van der Waals surface area contributed by atoms with Crippen LogP contribution in [-0.4, -0.2) is 79.1 Å². The van der Waals surface area contributed by atoms with Crippen molar-refractivity contribution in [2.45, 2.75) is 4.90 Å². The summed E-state index contributed by atoms with van der Waals surface area (Å²) in [6.45, 7) is 0. The molecule has 0 aliphatic carbocycles. The molecule has 0 radical (unpaired) electrons. The Kier molecular flexibility index (Phi) is 6.27. The Hall–Kier alpha value is -1.03. The van der Waals surface area contributed by atoms with Gasteiger partial charge in [0.2, 0.25) is 0 Å². The zero-order chi connectivity index (χ0) is 15.0. The van der Waals surface area contributed by atoms with E-state index in [2.05, 4.69) is 0 Å². The van der Waals surface area contributed by atoms with E-state index in [1.165, 1.54) is 0 Å². The van der Waals surface area contributed by atoms with Gasteiger partial charge in [0.1, 0.15) is 0 Å². The molecule has 0 spiro atoms. The van der Waals surface area contributed by atoms with Crippen LogP contribution in [0.5, 0.6) is 0 Å². The van der Waals surface area contributed by atoms with Gasteiger partial charge >= 0.3 is 78.6 Å². The normalized spacial score (nSPS) is 10.4. The summed E-state index contributed by atoms with van der Waals surface area (Å²) in [5.74, 6) is 0. The number of nitro benzene ring substituents is 3. The van der Waals surface area contributed by atoms with Gasteiger partial charge in [0.25, 0.3) is 0 Å². The molecule has 104 valence electrons. The van der Waals surface area contributed by atoms with E-state index in [0.29, 0.717) is 12.1 Å². The van der Waals surface area contributed by atoms with Gasteiger partial charge in [0.15, 0.2) is 4.90 Å². The Labute approximate surface area is 152 Å². The SMILES string of the molecule is O=[N+]([O-])c1ccc(S(=O)(=O)O)c([N+](=O)[O-])c1[N+](=O)[O-].[KH]. The third kappa shape index (κ3) is 3.75. The van der Waals surface area contributed by atoms with Crippen LogP contribution in [0, 0.1) is 30.3 Å². The predicted octanol–water partition coefficient (Wildman–Crippen LogP) is 0.00940. The van der Waals surface area contributed by atoms with Gasteiger partial charge in [0.05, 0.1) is 14.8 Å². The molecule has 1 rings (SSSR count). The number of hydrogen-bond donors (Lipinski definition) is 1. The average Bonchev–Trinajstić information content (AvgIpc) is 2.25. The van der Waals surface area contributed by atoms with Crippen LogP contribution in [0.2, 0.25) is 0 Å². The summed E-state index contributed by atoms with van der Waals surface area (Å²) < 4.78 is 30.5. The van der Waals surface area contributed by atoms with Crippen molar-refractivity contribution in [3.8, 4) is 0 Å². The van der Waals surface area contributed by atoms with Crippen LogP contribution in [0.15, 0.2) is 17.0 Å². The number of benzene rings is 1. The van der Waals surface area contributed by atoms with E-state index in [1.807, 2.05) is 0 Å². The Morgan fingerprint density at radius 2 is 1.35 bits per heavy atom. The van der Waals surface area contributed by atoms with Crippen molar-refractivity contribution in [2.75, 3.05) is 0 Å². The van der Waals surface area contributed by atoms with Gasteiger partial charge < -0.3 is 0 Å². The zero-order valence-corrected chi connectivity index (χ0v) is 9.43. The predicted molar refractivity (Wildman–Crippen MR) is 63.4 cm³/mol. The summed E-state index contributed by atoms with van der Waals surface area (Å²) in [4.78, 5) is 26.2. The summed E-state index contributed by atoms with van der Waals surface area (Å²) in [7, 11) is -5.15. The zero-order valence-electron chi connectivity index (χ0n) is 8.62. The average molecular weight is 333 g/mol. The molecule has 20 heavy (non-hydrogen) atoms. The topological polar surface area (TPSA) is 184 Å². The second kappa shape index (κ2) is 6.61. The molecule has 1 N–H and O–H groups in total. The third-order valence-corrected chi connectivity index (χ3v) is 2.82. The van der Waals surface area contributed by atoms with E-state index in [9.17, 15) is 38.8 Å². The molecule has 1 aromatic rings. The number of nitrogens with zero attached hydrogens (tertiary/aromatic N) is 3. The Morgan fingerprint density at radius 1 is 0.900 bits per heavy atom. The molecule has 0 heterocycles. The second-order valence-corrected chi connectivity index (χ2v) is 4.42. The first-order valence-corrected chi connectivity index (χ1v) is 5.59. The number of nitro groups is 3. The van der Waals surface area contributed by atoms with E-state index in [0.717, 1.165) is 0 Å². The maximum absolute atomic E-state index is 10.9. The number of hydrogen-bond acceptors (Lipinski definition) is 8. The molecule has 0 bridgehead atoms. The van der Waals surface area contributed by atoms with Crippen molar-refractivity contribution < 1.29 is 27.7 Å². The molecule has 12 nitrogen and oxygen atoms in total. The van der Waals surface area contributed by atoms with Gasteiger partial charge in [-0.15, -0.1) is 0 Å². The Morgan fingerprint density at radius 3 is 1.65 bits per heavy atom. The second-order valence-electron chi connectivity index (χ2n) is 3.03. The fourth-order valence-electron chi connectivity index (χ4n) is 1.26. The molecule has 0 saturated heterocycles. The van der Waals surface area contributed by atoms with Crippen molar-refractivity contribution in [3.63, 3.8) is 0 Å². The molecular formula is C6H4KN3O9S. The van der Waals surface area contributed by atoms with Crippen LogP contribution in [0.4, 0.5) is 17.1 Å². The summed E-state index contributed by atoms with van der Waals surface area (Å²) >= 11 is 0. The van der Waals surface area contributed by atoms with Gasteiger partial charge in [-0.25, -0.2) is 0 Å². The first kappa shape index (κ1) is 19.0. The van der Waals surface area contributed by atoms with Gasteiger partial charge in [-0.2, -0.15) is 8.42 Å². The molecule has 0 atom stereocenters. The molecule has 0 aliphatic heterocycles. The van der Waals surface area contributed by atoms with Crippen LogP contribution in [0.3, 0.4) is 0 Å². The number of rotatable bonds is 4. The summed E-state index contributed by atoms with van der Waals surface area (Å²) in [5, 5.41) is 31.9. The molecule has 0 unspecified atom stereocenters. The van der Waals surface area contributed by atoms with Gasteiger partial charge in [-0.05, 0) is 6.07 Å². The quantitative estimate of drug-likeness (QED) is 0.343. The van der Waals surface area contributed by atoms with E-state index in [4.69, 9.17) is 4.55 Å². The molecule has 0 saturated carbocycles. The monoisotopic (exact) mass is 333 g/mol. The first-order chi connectivity index (χ1) is 8.57. The van der Waals surface area contributed by atoms with Crippen molar-refractivity contribution in [2.24, 2.45) is 0 Å². The van der Waals surface area contributed by atoms with Crippen LogP contribution >= 0.6 is 0 Å².